The molecule has 0 radical (unpaired) electrons. The highest BCUT2D eigenvalue weighted by Gasteiger charge is 2.17. The van der Waals surface area contributed by atoms with Crippen LogP contribution in [0.4, 0.5) is 0 Å². The normalized spacial score (nSPS) is 12.3. The Bertz CT molecular complexity index is 1070. The fourth-order valence-corrected chi connectivity index (χ4v) is 3.50. The molecule has 3 aromatic carbocycles. The summed E-state index contributed by atoms with van der Waals surface area (Å²) in [5, 5.41) is 0. The smallest absolute Gasteiger partial charge is 0.0973 e. The summed E-state index contributed by atoms with van der Waals surface area (Å²) in [5.41, 5.74) is 8.57. The van der Waals surface area contributed by atoms with Gasteiger partial charge in [-0.1, -0.05) is 86.6 Å². The highest BCUT2D eigenvalue weighted by molar-refractivity contribution is 5.89. The average molecular weight is 352 g/mol. The van der Waals surface area contributed by atoms with Crippen molar-refractivity contribution in [3.63, 3.8) is 0 Å². The van der Waals surface area contributed by atoms with Crippen LogP contribution in [-0.4, -0.2) is 9.97 Å². The first-order chi connectivity index (χ1) is 13.2. The highest BCUT2D eigenvalue weighted by atomic mass is 14.8. The molecule has 0 spiro atoms. The Labute approximate surface area is 160 Å². The molecular weight excluding hydrogens is 328 g/mol. The van der Waals surface area contributed by atoms with Crippen LogP contribution in [0, 0.1) is 6.92 Å². The average Bonchev–Trinajstić information content (AvgIpc) is 2.74. The zero-order chi connectivity index (χ0) is 18.8. The molecular formula is C25H24N2. The highest BCUT2D eigenvalue weighted by Crippen LogP contribution is 2.34. The van der Waals surface area contributed by atoms with Gasteiger partial charge in [0.1, 0.15) is 0 Å². The summed E-state index contributed by atoms with van der Waals surface area (Å²) >= 11 is 0. The van der Waals surface area contributed by atoms with Crippen molar-refractivity contribution in [3.05, 3.63) is 83.9 Å². The van der Waals surface area contributed by atoms with Crippen molar-refractivity contribution in [1.29, 1.82) is 0 Å². The minimum Gasteiger partial charge on any atom is -0.244 e. The summed E-state index contributed by atoms with van der Waals surface area (Å²) in [5.74, 6) is 0.452. The van der Waals surface area contributed by atoms with Crippen LogP contribution in [0.3, 0.4) is 0 Å². The van der Waals surface area contributed by atoms with Crippen molar-refractivity contribution in [3.8, 4) is 22.5 Å². The van der Waals surface area contributed by atoms with Crippen molar-refractivity contribution >= 4 is 11.0 Å². The van der Waals surface area contributed by atoms with Crippen LogP contribution in [0.25, 0.3) is 33.5 Å². The predicted molar refractivity (Wildman–Crippen MR) is 114 cm³/mol. The van der Waals surface area contributed by atoms with Crippen LogP contribution < -0.4 is 0 Å². The van der Waals surface area contributed by atoms with Gasteiger partial charge >= 0.3 is 0 Å². The SMILES string of the molecule is CCC(C)c1ccc(C)c2nc(-c3ccccc3)c(-c3ccccc3)nc12. The van der Waals surface area contributed by atoms with Crippen LogP contribution in [0.15, 0.2) is 72.8 Å². The Morgan fingerprint density at radius 1 is 0.704 bits per heavy atom. The Kier molecular flexibility index (Phi) is 4.72. The van der Waals surface area contributed by atoms with E-state index in [1.54, 1.807) is 0 Å². The van der Waals surface area contributed by atoms with Crippen molar-refractivity contribution in [2.24, 2.45) is 0 Å². The Morgan fingerprint density at radius 2 is 1.22 bits per heavy atom. The Hall–Kier alpha value is -3.00. The molecule has 4 aromatic rings. The molecule has 1 aromatic heterocycles. The molecule has 0 aliphatic heterocycles. The molecule has 0 N–H and O–H groups in total. The minimum absolute atomic E-state index is 0.452. The Balaban J connectivity index is 2.08. The van der Waals surface area contributed by atoms with Gasteiger partial charge in [-0.25, -0.2) is 9.97 Å². The molecule has 2 heteroatoms. The maximum Gasteiger partial charge on any atom is 0.0973 e. The van der Waals surface area contributed by atoms with Crippen molar-refractivity contribution in [2.75, 3.05) is 0 Å². The van der Waals surface area contributed by atoms with Gasteiger partial charge in [0.05, 0.1) is 22.4 Å². The third-order valence-electron chi connectivity index (χ3n) is 5.29. The van der Waals surface area contributed by atoms with Gasteiger partial charge in [-0.3, -0.25) is 0 Å². The van der Waals surface area contributed by atoms with Gasteiger partial charge in [-0.2, -0.15) is 0 Å². The number of fused-ring (bicyclic) bond motifs is 1. The number of nitrogens with zero attached hydrogens (tertiary/aromatic N) is 2. The van der Waals surface area contributed by atoms with Gasteiger partial charge in [0.25, 0.3) is 0 Å². The standard InChI is InChI=1S/C25H24N2/c1-4-17(2)21-16-15-18(3)22-25(21)27-24(20-13-9-6-10-14-20)23(26-22)19-11-7-5-8-12-19/h5-17H,4H2,1-3H3. The zero-order valence-electron chi connectivity index (χ0n) is 16.1. The molecule has 2 nitrogen and oxygen atoms in total. The molecule has 0 saturated carbocycles. The summed E-state index contributed by atoms with van der Waals surface area (Å²) in [4.78, 5) is 10.3. The van der Waals surface area contributed by atoms with E-state index in [4.69, 9.17) is 9.97 Å². The quantitative estimate of drug-likeness (QED) is 0.404. The van der Waals surface area contributed by atoms with Gasteiger partial charge in [-0.15, -0.1) is 0 Å². The predicted octanol–water partition coefficient (Wildman–Crippen LogP) is 6.79. The summed E-state index contributed by atoms with van der Waals surface area (Å²) < 4.78 is 0. The number of aryl methyl sites for hydroxylation is 1. The van der Waals surface area contributed by atoms with E-state index in [0.717, 1.165) is 40.0 Å². The van der Waals surface area contributed by atoms with E-state index < -0.39 is 0 Å². The number of rotatable bonds is 4. The van der Waals surface area contributed by atoms with E-state index in [0.29, 0.717) is 5.92 Å². The zero-order valence-corrected chi connectivity index (χ0v) is 16.1. The molecule has 0 aliphatic carbocycles. The fourth-order valence-electron chi connectivity index (χ4n) is 3.50. The molecule has 1 unspecified atom stereocenters. The second-order valence-corrected chi connectivity index (χ2v) is 7.13. The van der Waals surface area contributed by atoms with E-state index in [2.05, 4.69) is 81.4 Å². The first-order valence-electron chi connectivity index (χ1n) is 9.61. The molecule has 1 heterocycles. The lowest BCUT2D eigenvalue weighted by Crippen LogP contribution is -2.01. The molecule has 4 rings (SSSR count). The summed E-state index contributed by atoms with van der Waals surface area (Å²) in [7, 11) is 0. The first-order valence-corrected chi connectivity index (χ1v) is 9.61. The lowest BCUT2D eigenvalue weighted by Gasteiger charge is -2.16. The maximum atomic E-state index is 5.19. The fraction of sp³-hybridized carbons (Fsp3) is 0.200. The van der Waals surface area contributed by atoms with Gasteiger partial charge in [-0.05, 0) is 30.4 Å². The summed E-state index contributed by atoms with van der Waals surface area (Å²) in [6, 6.07) is 25.1. The van der Waals surface area contributed by atoms with Crippen molar-refractivity contribution in [1.82, 2.24) is 9.97 Å². The van der Waals surface area contributed by atoms with Crippen molar-refractivity contribution < 1.29 is 0 Å². The third-order valence-corrected chi connectivity index (χ3v) is 5.29. The second-order valence-electron chi connectivity index (χ2n) is 7.13. The number of benzene rings is 3. The molecule has 0 aliphatic rings. The van der Waals surface area contributed by atoms with E-state index in [1.165, 1.54) is 11.1 Å². The molecule has 134 valence electrons. The summed E-state index contributed by atoms with van der Waals surface area (Å²) in [6.45, 7) is 6.60. The molecule has 1 atom stereocenters. The van der Waals surface area contributed by atoms with Gasteiger partial charge in [0.2, 0.25) is 0 Å². The number of hydrogen-bond acceptors (Lipinski definition) is 2. The molecule has 0 bridgehead atoms. The number of hydrogen-bond donors (Lipinski definition) is 0. The largest absolute Gasteiger partial charge is 0.244 e. The van der Waals surface area contributed by atoms with Gasteiger partial charge in [0.15, 0.2) is 0 Å². The first kappa shape index (κ1) is 17.4. The van der Waals surface area contributed by atoms with Gasteiger partial charge in [0, 0.05) is 11.1 Å². The van der Waals surface area contributed by atoms with E-state index in [9.17, 15) is 0 Å². The van der Waals surface area contributed by atoms with E-state index >= 15 is 0 Å². The van der Waals surface area contributed by atoms with Crippen LogP contribution in [0.5, 0.6) is 0 Å². The van der Waals surface area contributed by atoms with E-state index in [1.807, 2.05) is 12.1 Å². The van der Waals surface area contributed by atoms with Crippen LogP contribution in [0.1, 0.15) is 37.3 Å². The number of aromatic nitrogens is 2. The van der Waals surface area contributed by atoms with Crippen molar-refractivity contribution in [2.45, 2.75) is 33.1 Å². The third kappa shape index (κ3) is 3.23. The molecule has 0 amide bonds. The lowest BCUT2D eigenvalue weighted by atomic mass is 9.94. The molecule has 0 saturated heterocycles. The maximum absolute atomic E-state index is 5.19. The lowest BCUT2D eigenvalue weighted by molar-refractivity contribution is 0.737. The minimum atomic E-state index is 0.452. The topological polar surface area (TPSA) is 25.8 Å². The second kappa shape index (κ2) is 7.32. The van der Waals surface area contributed by atoms with Crippen LogP contribution >= 0.6 is 0 Å². The van der Waals surface area contributed by atoms with E-state index in [-0.39, 0.29) is 0 Å². The van der Waals surface area contributed by atoms with Gasteiger partial charge < -0.3 is 0 Å². The summed E-state index contributed by atoms with van der Waals surface area (Å²) in [6.07, 6.45) is 1.08. The Morgan fingerprint density at radius 3 is 1.74 bits per heavy atom. The monoisotopic (exact) mass is 352 g/mol. The molecule has 27 heavy (non-hydrogen) atoms. The molecule has 0 fully saturated rings. The van der Waals surface area contributed by atoms with Crippen LogP contribution in [0.2, 0.25) is 0 Å². The van der Waals surface area contributed by atoms with Crippen LogP contribution in [-0.2, 0) is 0 Å².